The first-order valence-corrected chi connectivity index (χ1v) is 9.60. The van der Waals surface area contributed by atoms with Gasteiger partial charge in [-0.25, -0.2) is 0 Å². The van der Waals surface area contributed by atoms with Gasteiger partial charge in [0.25, 0.3) is 0 Å². The van der Waals surface area contributed by atoms with Crippen molar-refractivity contribution in [2.24, 2.45) is 11.3 Å². The van der Waals surface area contributed by atoms with Crippen LogP contribution in [0, 0.1) is 11.3 Å². The summed E-state index contributed by atoms with van der Waals surface area (Å²) in [6.07, 6.45) is 6.46. The van der Waals surface area contributed by atoms with Crippen molar-refractivity contribution in [2.75, 3.05) is 32.7 Å². The lowest BCUT2D eigenvalue weighted by Crippen LogP contribution is -2.56. The molecule has 1 saturated heterocycles. The highest BCUT2D eigenvalue weighted by molar-refractivity contribution is 5.82. The van der Waals surface area contributed by atoms with Crippen molar-refractivity contribution in [3.05, 3.63) is 0 Å². The van der Waals surface area contributed by atoms with Crippen LogP contribution in [0.3, 0.4) is 0 Å². The lowest BCUT2D eigenvalue weighted by molar-refractivity contribution is -0.142. The highest BCUT2D eigenvalue weighted by Gasteiger charge is 2.32. The van der Waals surface area contributed by atoms with Gasteiger partial charge in [-0.05, 0) is 25.7 Å². The quantitative estimate of drug-likeness (QED) is 0.856. The smallest absolute Gasteiger partial charge is 0.237 e. The molecule has 2 rings (SSSR count). The predicted octanol–water partition coefficient (Wildman–Crippen LogP) is 2.26. The zero-order chi connectivity index (χ0) is 17.7. The van der Waals surface area contributed by atoms with Crippen molar-refractivity contribution in [2.45, 2.75) is 65.8 Å². The van der Waals surface area contributed by atoms with Crippen molar-refractivity contribution in [3.63, 3.8) is 0 Å². The van der Waals surface area contributed by atoms with E-state index >= 15 is 0 Å². The molecule has 0 spiro atoms. The molecule has 0 aromatic carbocycles. The number of carbonyl (C=O) groups excluding carboxylic acids is 2. The second kappa shape index (κ2) is 8.32. The van der Waals surface area contributed by atoms with Crippen molar-refractivity contribution in [1.82, 2.24) is 15.1 Å². The third-order valence-corrected chi connectivity index (χ3v) is 5.46. The maximum Gasteiger partial charge on any atom is 0.237 e. The summed E-state index contributed by atoms with van der Waals surface area (Å²) < 4.78 is 0. The number of amides is 2. The third-order valence-electron chi connectivity index (χ3n) is 5.46. The van der Waals surface area contributed by atoms with Gasteiger partial charge < -0.3 is 10.2 Å². The zero-order valence-electron chi connectivity index (χ0n) is 15.9. The molecule has 2 aliphatic rings. The first-order valence-electron chi connectivity index (χ1n) is 9.60. The average Bonchev–Trinajstić information content (AvgIpc) is 2.58. The lowest BCUT2D eigenvalue weighted by Gasteiger charge is -2.39. The molecule has 1 N–H and O–H groups in total. The summed E-state index contributed by atoms with van der Waals surface area (Å²) >= 11 is 0. The molecule has 1 aliphatic carbocycles. The highest BCUT2D eigenvalue weighted by atomic mass is 16.2. The first kappa shape index (κ1) is 19.2. The van der Waals surface area contributed by atoms with Gasteiger partial charge in [0.05, 0.1) is 6.04 Å². The van der Waals surface area contributed by atoms with Crippen LogP contribution in [0.25, 0.3) is 0 Å². The average molecular weight is 338 g/mol. The summed E-state index contributed by atoms with van der Waals surface area (Å²) in [6, 6.07) is -0.111. The molecular weight excluding hydrogens is 302 g/mol. The van der Waals surface area contributed by atoms with Crippen molar-refractivity contribution >= 4 is 11.8 Å². The van der Waals surface area contributed by atoms with E-state index in [-0.39, 0.29) is 23.3 Å². The minimum Gasteiger partial charge on any atom is -0.354 e. The van der Waals surface area contributed by atoms with Gasteiger partial charge >= 0.3 is 0 Å². The number of rotatable bonds is 4. The summed E-state index contributed by atoms with van der Waals surface area (Å²) in [5.41, 5.74) is -0.328. The Kier molecular flexibility index (Phi) is 6.67. The van der Waals surface area contributed by atoms with E-state index in [0.717, 1.165) is 32.7 Å². The van der Waals surface area contributed by atoms with Crippen LogP contribution >= 0.6 is 0 Å². The molecule has 1 heterocycles. The minimum atomic E-state index is -0.328. The molecule has 1 aliphatic heterocycles. The Hall–Kier alpha value is -1.10. The molecule has 1 atom stereocenters. The van der Waals surface area contributed by atoms with Crippen LogP contribution in [-0.2, 0) is 9.59 Å². The molecular formula is C19H35N3O2. The Bertz CT molecular complexity index is 430. The molecule has 24 heavy (non-hydrogen) atoms. The Balaban J connectivity index is 1.74. The fraction of sp³-hybridized carbons (Fsp3) is 0.895. The monoisotopic (exact) mass is 337 g/mol. The van der Waals surface area contributed by atoms with Gasteiger partial charge in [-0.2, -0.15) is 0 Å². The number of piperazine rings is 1. The van der Waals surface area contributed by atoms with Crippen LogP contribution in [-0.4, -0.2) is 60.4 Å². The SMILES string of the molecule is CC(C(=O)NCC1CCCCC1)N1CCN(C(=O)C(C)(C)C)CC1. The summed E-state index contributed by atoms with van der Waals surface area (Å²) in [5.74, 6) is 1.00. The first-order chi connectivity index (χ1) is 11.3. The molecule has 138 valence electrons. The van der Waals surface area contributed by atoms with Gasteiger partial charge in [-0.1, -0.05) is 40.0 Å². The molecule has 5 nitrogen and oxygen atoms in total. The molecule has 0 radical (unpaired) electrons. The lowest BCUT2D eigenvalue weighted by atomic mass is 9.89. The zero-order valence-corrected chi connectivity index (χ0v) is 15.9. The Morgan fingerprint density at radius 2 is 1.62 bits per heavy atom. The fourth-order valence-electron chi connectivity index (χ4n) is 3.74. The maximum absolute atomic E-state index is 12.4. The second-order valence-corrected chi connectivity index (χ2v) is 8.50. The van der Waals surface area contributed by atoms with E-state index in [9.17, 15) is 9.59 Å². The normalized spacial score (nSPS) is 22.2. The number of hydrogen-bond donors (Lipinski definition) is 1. The molecule has 2 amide bonds. The molecule has 0 aromatic rings. The van der Waals surface area contributed by atoms with Crippen LogP contribution in [0.2, 0.25) is 0 Å². The highest BCUT2D eigenvalue weighted by Crippen LogP contribution is 2.23. The molecule has 1 unspecified atom stereocenters. The fourth-order valence-corrected chi connectivity index (χ4v) is 3.74. The van der Waals surface area contributed by atoms with E-state index in [0.29, 0.717) is 5.92 Å². The third kappa shape index (κ3) is 5.20. The Labute approximate surface area is 147 Å². The molecule has 5 heteroatoms. The molecule has 0 bridgehead atoms. The summed E-state index contributed by atoms with van der Waals surface area (Å²) in [4.78, 5) is 28.9. The molecule has 1 saturated carbocycles. The van der Waals surface area contributed by atoms with Crippen molar-refractivity contribution in [3.8, 4) is 0 Å². The number of nitrogens with zero attached hydrogens (tertiary/aromatic N) is 2. The van der Waals surface area contributed by atoms with E-state index in [2.05, 4.69) is 10.2 Å². The largest absolute Gasteiger partial charge is 0.354 e. The summed E-state index contributed by atoms with van der Waals surface area (Å²) in [7, 11) is 0. The standard InChI is InChI=1S/C19H35N3O2/c1-15(17(23)20-14-16-8-6-5-7-9-16)21-10-12-22(13-11-21)18(24)19(2,3)4/h15-16H,5-14H2,1-4H3,(H,20,23). The van der Waals surface area contributed by atoms with Crippen LogP contribution < -0.4 is 5.32 Å². The predicted molar refractivity (Wildman–Crippen MR) is 96.7 cm³/mol. The summed E-state index contributed by atoms with van der Waals surface area (Å²) in [5, 5.41) is 3.15. The topological polar surface area (TPSA) is 52.7 Å². The van der Waals surface area contributed by atoms with E-state index in [1.165, 1.54) is 32.1 Å². The van der Waals surface area contributed by atoms with Gasteiger partial charge in [-0.15, -0.1) is 0 Å². The van der Waals surface area contributed by atoms with Crippen LogP contribution in [0.5, 0.6) is 0 Å². The maximum atomic E-state index is 12.4. The summed E-state index contributed by atoms with van der Waals surface area (Å²) in [6.45, 7) is 11.7. The second-order valence-electron chi connectivity index (χ2n) is 8.50. The van der Waals surface area contributed by atoms with Gasteiger partial charge in [0.15, 0.2) is 0 Å². The van der Waals surface area contributed by atoms with Crippen LogP contribution in [0.15, 0.2) is 0 Å². The Morgan fingerprint density at radius 1 is 1.04 bits per heavy atom. The van der Waals surface area contributed by atoms with Gasteiger partial charge in [0.1, 0.15) is 0 Å². The number of nitrogens with one attached hydrogen (secondary N) is 1. The molecule has 0 aromatic heterocycles. The Morgan fingerprint density at radius 3 is 2.17 bits per heavy atom. The van der Waals surface area contributed by atoms with Gasteiger partial charge in [-0.3, -0.25) is 14.5 Å². The van der Waals surface area contributed by atoms with E-state index in [1.54, 1.807) is 0 Å². The van der Waals surface area contributed by atoms with Crippen LogP contribution in [0.1, 0.15) is 59.8 Å². The molecule has 2 fully saturated rings. The van der Waals surface area contributed by atoms with E-state index < -0.39 is 0 Å². The van der Waals surface area contributed by atoms with Gasteiger partial charge in [0, 0.05) is 38.1 Å². The van der Waals surface area contributed by atoms with Gasteiger partial charge in [0.2, 0.25) is 11.8 Å². The van der Waals surface area contributed by atoms with Crippen molar-refractivity contribution < 1.29 is 9.59 Å². The number of carbonyl (C=O) groups is 2. The minimum absolute atomic E-state index is 0.111. The van der Waals surface area contributed by atoms with E-state index in [1.807, 2.05) is 32.6 Å². The van der Waals surface area contributed by atoms with E-state index in [4.69, 9.17) is 0 Å². The van der Waals surface area contributed by atoms with Crippen LogP contribution in [0.4, 0.5) is 0 Å². The van der Waals surface area contributed by atoms with Crippen molar-refractivity contribution in [1.29, 1.82) is 0 Å². The number of hydrogen-bond acceptors (Lipinski definition) is 3.